The van der Waals surface area contributed by atoms with Crippen LogP contribution in [0.2, 0.25) is 0 Å². The molecular weight excluding hydrogens is 216 g/mol. The predicted molar refractivity (Wildman–Crippen MR) is 63.5 cm³/mol. The molecule has 0 aromatic carbocycles. The van der Waals surface area contributed by atoms with Crippen LogP contribution in [0.3, 0.4) is 0 Å². The van der Waals surface area contributed by atoms with Gasteiger partial charge in [0, 0.05) is 6.20 Å². The smallest absolute Gasteiger partial charge is 0.138 e. The number of rotatable bonds is 4. The van der Waals surface area contributed by atoms with Crippen molar-refractivity contribution >= 4 is 0 Å². The Morgan fingerprint density at radius 1 is 1.24 bits per heavy atom. The second-order valence-corrected chi connectivity index (χ2v) is 3.70. The van der Waals surface area contributed by atoms with Crippen molar-refractivity contribution in [3.05, 3.63) is 53.6 Å². The summed E-state index contributed by atoms with van der Waals surface area (Å²) in [6.45, 7) is 2.37. The van der Waals surface area contributed by atoms with E-state index in [2.05, 4.69) is 9.97 Å². The highest BCUT2D eigenvalue weighted by atomic mass is 16.5. The zero-order chi connectivity index (χ0) is 12.1. The largest absolute Gasteiger partial charge is 0.486 e. The molecule has 2 heterocycles. The van der Waals surface area contributed by atoms with E-state index in [0.29, 0.717) is 18.1 Å². The maximum Gasteiger partial charge on any atom is 0.138 e. The second kappa shape index (κ2) is 5.41. The van der Waals surface area contributed by atoms with Crippen LogP contribution in [-0.2, 0) is 13.2 Å². The summed E-state index contributed by atoms with van der Waals surface area (Å²) < 4.78 is 5.57. The fraction of sp³-hybridized carbons (Fsp3) is 0.231. The number of aryl methyl sites for hydroxylation is 1. The molecule has 4 heteroatoms. The summed E-state index contributed by atoms with van der Waals surface area (Å²) in [5, 5.41) is 8.86. The molecule has 0 saturated heterocycles. The molecule has 2 rings (SSSR count). The monoisotopic (exact) mass is 230 g/mol. The van der Waals surface area contributed by atoms with Crippen LogP contribution in [0.25, 0.3) is 0 Å². The quantitative estimate of drug-likeness (QED) is 0.871. The van der Waals surface area contributed by atoms with Crippen molar-refractivity contribution in [2.24, 2.45) is 0 Å². The van der Waals surface area contributed by atoms with Crippen LogP contribution in [-0.4, -0.2) is 15.1 Å². The van der Waals surface area contributed by atoms with Gasteiger partial charge in [0.05, 0.1) is 24.2 Å². The molecule has 0 amide bonds. The number of pyridine rings is 2. The molecule has 0 aliphatic rings. The van der Waals surface area contributed by atoms with Gasteiger partial charge in [-0.3, -0.25) is 9.97 Å². The minimum Gasteiger partial charge on any atom is -0.486 e. The molecule has 4 nitrogen and oxygen atoms in total. The summed E-state index contributed by atoms with van der Waals surface area (Å²) in [6.07, 6.45) is 3.35. The number of hydrogen-bond acceptors (Lipinski definition) is 4. The van der Waals surface area contributed by atoms with Gasteiger partial charge in [0.1, 0.15) is 12.4 Å². The molecule has 0 fully saturated rings. The normalized spacial score (nSPS) is 10.2. The first-order chi connectivity index (χ1) is 8.29. The molecule has 2 aromatic heterocycles. The zero-order valence-corrected chi connectivity index (χ0v) is 9.63. The Bertz CT molecular complexity index is 483. The topological polar surface area (TPSA) is 55.2 Å². The molecule has 17 heavy (non-hydrogen) atoms. The summed E-state index contributed by atoms with van der Waals surface area (Å²) in [7, 11) is 0. The van der Waals surface area contributed by atoms with Crippen LogP contribution < -0.4 is 4.74 Å². The molecule has 0 unspecified atom stereocenters. The Hall–Kier alpha value is -1.94. The third-order valence-corrected chi connectivity index (χ3v) is 2.45. The molecule has 0 spiro atoms. The third kappa shape index (κ3) is 3.01. The summed E-state index contributed by atoms with van der Waals surface area (Å²) in [4.78, 5) is 8.28. The van der Waals surface area contributed by atoms with E-state index in [1.165, 1.54) is 0 Å². The average molecular weight is 230 g/mol. The maximum atomic E-state index is 8.86. The van der Waals surface area contributed by atoms with E-state index in [4.69, 9.17) is 9.84 Å². The molecule has 2 aromatic rings. The van der Waals surface area contributed by atoms with Crippen molar-refractivity contribution in [2.45, 2.75) is 20.1 Å². The Morgan fingerprint density at radius 3 is 2.76 bits per heavy atom. The van der Waals surface area contributed by atoms with Crippen molar-refractivity contribution < 1.29 is 9.84 Å². The lowest BCUT2D eigenvalue weighted by Crippen LogP contribution is -2.01. The Labute approximate surface area is 99.9 Å². The van der Waals surface area contributed by atoms with Gasteiger partial charge in [0.25, 0.3) is 0 Å². The summed E-state index contributed by atoms with van der Waals surface area (Å²) in [5.41, 5.74) is 2.65. The van der Waals surface area contributed by atoms with Gasteiger partial charge in [-0.1, -0.05) is 6.07 Å². The first-order valence-corrected chi connectivity index (χ1v) is 5.38. The molecule has 1 N–H and O–H groups in total. The molecule has 0 bridgehead atoms. The fourth-order valence-electron chi connectivity index (χ4n) is 1.41. The predicted octanol–water partition coefficient (Wildman–Crippen LogP) is 1.86. The van der Waals surface area contributed by atoms with E-state index in [0.717, 1.165) is 11.3 Å². The highest BCUT2D eigenvalue weighted by molar-refractivity contribution is 5.21. The van der Waals surface area contributed by atoms with Crippen LogP contribution in [0, 0.1) is 6.92 Å². The highest BCUT2D eigenvalue weighted by Crippen LogP contribution is 2.12. The van der Waals surface area contributed by atoms with E-state index in [1.807, 2.05) is 19.1 Å². The van der Waals surface area contributed by atoms with Crippen molar-refractivity contribution in [1.29, 1.82) is 0 Å². The number of hydrogen-bond donors (Lipinski definition) is 1. The van der Waals surface area contributed by atoms with E-state index in [1.54, 1.807) is 24.5 Å². The van der Waals surface area contributed by atoms with Crippen molar-refractivity contribution in [3.8, 4) is 5.75 Å². The summed E-state index contributed by atoms with van der Waals surface area (Å²) >= 11 is 0. The van der Waals surface area contributed by atoms with Crippen molar-refractivity contribution in [3.63, 3.8) is 0 Å². The Kier molecular flexibility index (Phi) is 3.67. The number of aromatic nitrogens is 2. The van der Waals surface area contributed by atoms with Gasteiger partial charge in [-0.2, -0.15) is 0 Å². The van der Waals surface area contributed by atoms with Gasteiger partial charge in [0.2, 0.25) is 0 Å². The van der Waals surface area contributed by atoms with E-state index >= 15 is 0 Å². The molecule has 0 radical (unpaired) electrons. The molecule has 0 aliphatic carbocycles. The molecular formula is C13H14N2O2. The third-order valence-electron chi connectivity index (χ3n) is 2.45. The zero-order valence-electron chi connectivity index (χ0n) is 9.63. The highest BCUT2D eigenvalue weighted by Gasteiger charge is 2.01. The first kappa shape index (κ1) is 11.5. The Morgan fingerprint density at radius 2 is 2.12 bits per heavy atom. The van der Waals surface area contributed by atoms with E-state index in [-0.39, 0.29) is 6.61 Å². The SMILES string of the molecule is Cc1cccnc1COc1ccc(CO)nc1. The van der Waals surface area contributed by atoms with Gasteiger partial charge in [-0.25, -0.2) is 0 Å². The lowest BCUT2D eigenvalue weighted by molar-refractivity contribution is 0.274. The fourth-order valence-corrected chi connectivity index (χ4v) is 1.41. The summed E-state index contributed by atoms with van der Waals surface area (Å²) in [5.74, 6) is 0.673. The van der Waals surface area contributed by atoms with E-state index < -0.39 is 0 Å². The van der Waals surface area contributed by atoms with Crippen LogP contribution >= 0.6 is 0 Å². The van der Waals surface area contributed by atoms with Gasteiger partial charge >= 0.3 is 0 Å². The van der Waals surface area contributed by atoms with Crippen LogP contribution in [0.5, 0.6) is 5.75 Å². The van der Waals surface area contributed by atoms with E-state index in [9.17, 15) is 0 Å². The number of nitrogens with zero attached hydrogens (tertiary/aromatic N) is 2. The van der Waals surface area contributed by atoms with Crippen molar-refractivity contribution in [2.75, 3.05) is 0 Å². The number of aliphatic hydroxyl groups excluding tert-OH is 1. The minimum absolute atomic E-state index is 0.0559. The van der Waals surface area contributed by atoms with Crippen LogP contribution in [0.15, 0.2) is 36.7 Å². The molecule has 0 aliphatic heterocycles. The van der Waals surface area contributed by atoms with Gasteiger partial charge in [0.15, 0.2) is 0 Å². The lowest BCUT2D eigenvalue weighted by atomic mass is 10.2. The van der Waals surface area contributed by atoms with Gasteiger partial charge in [-0.05, 0) is 30.7 Å². The standard InChI is InChI=1S/C13H14N2O2/c1-10-3-2-6-14-13(10)9-17-12-5-4-11(8-16)15-7-12/h2-7,16H,8-9H2,1H3. The summed E-state index contributed by atoms with van der Waals surface area (Å²) in [6, 6.07) is 7.42. The van der Waals surface area contributed by atoms with Crippen LogP contribution in [0.4, 0.5) is 0 Å². The van der Waals surface area contributed by atoms with Gasteiger partial charge < -0.3 is 9.84 Å². The number of aliphatic hydroxyl groups is 1. The minimum atomic E-state index is -0.0559. The second-order valence-electron chi connectivity index (χ2n) is 3.70. The lowest BCUT2D eigenvalue weighted by Gasteiger charge is -2.07. The van der Waals surface area contributed by atoms with Crippen molar-refractivity contribution in [1.82, 2.24) is 9.97 Å². The first-order valence-electron chi connectivity index (χ1n) is 5.38. The molecule has 0 saturated carbocycles. The average Bonchev–Trinajstić information content (AvgIpc) is 2.38. The molecule has 0 atom stereocenters. The number of ether oxygens (including phenoxy) is 1. The van der Waals surface area contributed by atoms with Crippen LogP contribution in [0.1, 0.15) is 17.0 Å². The maximum absolute atomic E-state index is 8.86. The van der Waals surface area contributed by atoms with Gasteiger partial charge in [-0.15, -0.1) is 0 Å². The Balaban J connectivity index is 2.00. The molecule has 88 valence electrons.